The number of aliphatic hydroxyl groups is 1. The van der Waals surface area contributed by atoms with Gasteiger partial charge in [-0.2, -0.15) is 0 Å². The van der Waals surface area contributed by atoms with Gasteiger partial charge in [-0.3, -0.25) is 14.5 Å². The summed E-state index contributed by atoms with van der Waals surface area (Å²) < 4.78 is 6.94. The summed E-state index contributed by atoms with van der Waals surface area (Å²) in [6.07, 6.45) is 1.82. The Bertz CT molecular complexity index is 1600. The number of nitrogens with zero attached hydrogens (tertiary/aromatic N) is 4. The number of fused-ring (bicyclic) bond motifs is 1. The van der Waals surface area contributed by atoms with Crippen molar-refractivity contribution in [1.29, 1.82) is 0 Å². The minimum absolute atomic E-state index is 0.0918. The molecule has 4 aromatic rings. The Balaban J connectivity index is 1.72. The second kappa shape index (κ2) is 9.29. The number of Topliss-reactive ketones (excluding diaryl/α,β-unsaturated/α-hetero) is 1. The van der Waals surface area contributed by atoms with Crippen LogP contribution in [-0.2, 0) is 14.3 Å². The van der Waals surface area contributed by atoms with Gasteiger partial charge in [-0.1, -0.05) is 47.7 Å². The number of aliphatic hydroxyl groups excluding tert-OH is 1. The fraction of sp³-hybridized carbons (Fsp3) is 0.222. The first-order chi connectivity index (χ1) is 17.7. The Hall–Kier alpha value is -4.31. The van der Waals surface area contributed by atoms with Gasteiger partial charge in [0, 0.05) is 6.20 Å². The molecule has 1 N–H and O–H groups in total. The quantitative estimate of drug-likeness (QED) is 0.180. The number of ether oxygens (including phenoxy) is 1. The van der Waals surface area contributed by atoms with E-state index in [1.165, 1.54) is 4.90 Å². The van der Waals surface area contributed by atoms with Crippen molar-refractivity contribution < 1.29 is 24.2 Å². The number of amides is 1. The van der Waals surface area contributed by atoms with Crippen LogP contribution in [0, 0.1) is 20.8 Å². The SMILES string of the molecule is CCOC(=O)c1sc(N2C(=O)C(=O)/C(=C(/O)c3nc4c(C)cccn4c3C)C2c2ccccc2)nc1C. The lowest BCUT2D eigenvalue weighted by Gasteiger charge is -2.22. The van der Waals surface area contributed by atoms with Crippen molar-refractivity contribution in [2.45, 2.75) is 33.7 Å². The number of pyridine rings is 1. The van der Waals surface area contributed by atoms with Gasteiger partial charge < -0.3 is 14.2 Å². The summed E-state index contributed by atoms with van der Waals surface area (Å²) in [5.41, 5.74) is 3.28. The van der Waals surface area contributed by atoms with Gasteiger partial charge >= 0.3 is 11.9 Å². The number of aryl methyl sites for hydroxylation is 3. The van der Waals surface area contributed by atoms with E-state index in [9.17, 15) is 19.5 Å². The van der Waals surface area contributed by atoms with E-state index in [2.05, 4.69) is 9.97 Å². The van der Waals surface area contributed by atoms with Crippen LogP contribution in [0.3, 0.4) is 0 Å². The zero-order valence-electron chi connectivity index (χ0n) is 20.7. The number of carbonyl (C=O) groups is 3. The number of thiazole rings is 1. The van der Waals surface area contributed by atoms with Crippen molar-refractivity contribution in [2.75, 3.05) is 11.5 Å². The number of hydrogen-bond acceptors (Lipinski definition) is 8. The van der Waals surface area contributed by atoms with E-state index in [1.54, 1.807) is 45.0 Å². The average Bonchev–Trinajstić information content (AvgIpc) is 3.52. The Morgan fingerprint density at radius 1 is 1.08 bits per heavy atom. The highest BCUT2D eigenvalue weighted by Crippen LogP contribution is 2.44. The van der Waals surface area contributed by atoms with Crippen LogP contribution in [0.15, 0.2) is 54.2 Å². The molecule has 9 nitrogen and oxygen atoms in total. The molecular weight excluding hydrogens is 492 g/mol. The maximum atomic E-state index is 13.5. The highest BCUT2D eigenvalue weighted by molar-refractivity contribution is 7.17. The van der Waals surface area contributed by atoms with Crippen LogP contribution in [0.1, 0.15) is 50.8 Å². The number of hydrogen-bond donors (Lipinski definition) is 1. The maximum Gasteiger partial charge on any atom is 0.350 e. The number of ketones is 1. The molecule has 1 fully saturated rings. The van der Waals surface area contributed by atoms with Crippen molar-refractivity contribution in [3.05, 3.63) is 87.3 Å². The van der Waals surface area contributed by atoms with E-state index in [0.717, 1.165) is 16.9 Å². The molecule has 1 aromatic carbocycles. The lowest BCUT2D eigenvalue weighted by Crippen LogP contribution is -2.29. The fourth-order valence-corrected chi connectivity index (χ4v) is 5.51. The highest BCUT2D eigenvalue weighted by Gasteiger charge is 2.49. The third kappa shape index (κ3) is 3.89. The smallest absolute Gasteiger partial charge is 0.350 e. The molecule has 1 aliphatic rings. The van der Waals surface area contributed by atoms with E-state index >= 15 is 0 Å². The first-order valence-electron chi connectivity index (χ1n) is 11.7. The molecule has 5 rings (SSSR count). The van der Waals surface area contributed by atoms with E-state index in [-0.39, 0.29) is 33.6 Å². The van der Waals surface area contributed by atoms with Crippen molar-refractivity contribution in [3.63, 3.8) is 0 Å². The molecule has 0 bridgehead atoms. The number of carbonyl (C=O) groups excluding carboxylic acids is 3. The van der Waals surface area contributed by atoms with Crippen LogP contribution in [-0.4, -0.2) is 43.7 Å². The number of aromatic nitrogens is 3. The predicted octanol–water partition coefficient (Wildman–Crippen LogP) is 4.52. The molecule has 37 heavy (non-hydrogen) atoms. The minimum Gasteiger partial charge on any atom is -0.505 e. The van der Waals surface area contributed by atoms with Crippen LogP contribution in [0.2, 0.25) is 0 Å². The Labute approximate surface area is 216 Å². The summed E-state index contributed by atoms with van der Waals surface area (Å²) >= 11 is 0.971. The molecule has 1 aliphatic heterocycles. The third-order valence-electron chi connectivity index (χ3n) is 6.32. The second-order valence-electron chi connectivity index (χ2n) is 8.64. The molecule has 1 unspecified atom stereocenters. The minimum atomic E-state index is -0.966. The second-order valence-corrected chi connectivity index (χ2v) is 9.62. The van der Waals surface area contributed by atoms with Crippen molar-refractivity contribution in [3.8, 4) is 0 Å². The van der Waals surface area contributed by atoms with Gasteiger partial charge in [-0.05, 0) is 44.9 Å². The molecule has 0 radical (unpaired) electrons. The van der Waals surface area contributed by atoms with Crippen LogP contribution in [0.5, 0.6) is 0 Å². The first kappa shape index (κ1) is 24.4. The van der Waals surface area contributed by atoms with Gasteiger partial charge in [0.25, 0.3) is 5.78 Å². The van der Waals surface area contributed by atoms with Gasteiger partial charge in [0.1, 0.15) is 16.2 Å². The Morgan fingerprint density at radius 2 is 1.81 bits per heavy atom. The normalized spacial score (nSPS) is 17.1. The molecule has 10 heteroatoms. The molecule has 0 spiro atoms. The summed E-state index contributed by atoms with van der Waals surface area (Å²) in [7, 11) is 0. The zero-order valence-corrected chi connectivity index (χ0v) is 21.5. The van der Waals surface area contributed by atoms with E-state index < -0.39 is 23.7 Å². The fourth-order valence-electron chi connectivity index (χ4n) is 4.53. The van der Waals surface area contributed by atoms with Gasteiger partial charge in [0.15, 0.2) is 10.9 Å². The highest BCUT2D eigenvalue weighted by atomic mass is 32.1. The number of benzene rings is 1. The summed E-state index contributed by atoms with van der Waals surface area (Å²) in [5.74, 6) is -2.62. The summed E-state index contributed by atoms with van der Waals surface area (Å²) in [6.45, 7) is 7.23. The van der Waals surface area contributed by atoms with E-state index in [1.807, 2.05) is 35.7 Å². The van der Waals surface area contributed by atoms with Gasteiger partial charge in [-0.25, -0.2) is 14.8 Å². The molecule has 4 heterocycles. The molecule has 3 aromatic heterocycles. The standard InChI is InChI=1S/C27H24N4O5S/c1-5-36-26(35)23-15(3)28-27(37-23)31-20(17-11-7-6-8-12-17)18(22(33)25(31)34)21(32)19-16(4)30-13-9-10-14(2)24(30)29-19/h6-13,20,32H,5H2,1-4H3/b21-18+. The van der Waals surface area contributed by atoms with Crippen LogP contribution in [0.25, 0.3) is 11.4 Å². The number of anilines is 1. The topological polar surface area (TPSA) is 114 Å². The average molecular weight is 517 g/mol. The summed E-state index contributed by atoms with van der Waals surface area (Å²) in [4.78, 5) is 49.8. The monoisotopic (exact) mass is 516 g/mol. The summed E-state index contributed by atoms with van der Waals surface area (Å²) in [5, 5.41) is 11.7. The van der Waals surface area contributed by atoms with E-state index in [4.69, 9.17) is 4.74 Å². The van der Waals surface area contributed by atoms with Crippen molar-refractivity contribution in [2.24, 2.45) is 0 Å². The van der Waals surface area contributed by atoms with Gasteiger partial charge in [0.05, 0.1) is 29.6 Å². The van der Waals surface area contributed by atoms with Crippen molar-refractivity contribution in [1.82, 2.24) is 14.4 Å². The van der Waals surface area contributed by atoms with Gasteiger partial charge in [-0.15, -0.1) is 0 Å². The van der Waals surface area contributed by atoms with Crippen LogP contribution < -0.4 is 4.90 Å². The summed E-state index contributed by atoms with van der Waals surface area (Å²) in [6, 6.07) is 11.7. The Kier molecular flexibility index (Phi) is 6.12. The van der Waals surface area contributed by atoms with E-state index in [0.29, 0.717) is 22.6 Å². The van der Waals surface area contributed by atoms with Crippen molar-refractivity contribution >= 4 is 45.5 Å². The molecule has 0 saturated carbocycles. The Morgan fingerprint density at radius 3 is 2.49 bits per heavy atom. The molecule has 1 atom stereocenters. The van der Waals surface area contributed by atoms with Crippen LogP contribution >= 0.6 is 11.3 Å². The number of rotatable bonds is 5. The van der Waals surface area contributed by atoms with Crippen LogP contribution in [0.4, 0.5) is 5.13 Å². The zero-order chi connectivity index (χ0) is 26.4. The largest absolute Gasteiger partial charge is 0.505 e. The molecule has 0 aliphatic carbocycles. The lowest BCUT2D eigenvalue weighted by molar-refractivity contribution is -0.132. The molecule has 1 amide bonds. The number of esters is 1. The lowest BCUT2D eigenvalue weighted by atomic mass is 9.96. The third-order valence-corrected chi connectivity index (χ3v) is 7.46. The number of imidazole rings is 1. The maximum absolute atomic E-state index is 13.5. The first-order valence-corrected chi connectivity index (χ1v) is 12.5. The molecular formula is C27H24N4O5S. The molecule has 1 saturated heterocycles. The predicted molar refractivity (Wildman–Crippen MR) is 139 cm³/mol. The van der Waals surface area contributed by atoms with Gasteiger partial charge in [0.2, 0.25) is 0 Å². The molecule has 188 valence electrons.